The fraction of sp³-hybridized carbons (Fsp3) is 0.300. The fourth-order valence-electron chi connectivity index (χ4n) is 1.40. The van der Waals surface area contributed by atoms with Crippen molar-refractivity contribution in [3.63, 3.8) is 0 Å². The predicted octanol–water partition coefficient (Wildman–Crippen LogP) is 2.17. The second-order valence-electron chi connectivity index (χ2n) is 3.61. The van der Waals surface area contributed by atoms with Gasteiger partial charge in [0.15, 0.2) is 5.82 Å². The van der Waals surface area contributed by atoms with Gasteiger partial charge >= 0.3 is 0 Å². The molecule has 18 heavy (non-hydrogen) atoms. The van der Waals surface area contributed by atoms with E-state index in [1.807, 2.05) is 11.6 Å². The van der Waals surface area contributed by atoms with E-state index in [2.05, 4.69) is 25.8 Å². The summed E-state index contributed by atoms with van der Waals surface area (Å²) < 4.78 is 1.82. The third kappa shape index (κ3) is 2.65. The molecule has 0 aromatic carbocycles. The minimum absolute atomic E-state index is 0.459. The lowest BCUT2D eigenvalue weighted by molar-refractivity contribution is 0.810. The van der Waals surface area contributed by atoms with Crippen LogP contribution in [0.25, 0.3) is 0 Å². The van der Waals surface area contributed by atoms with E-state index in [4.69, 9.17) is 23.2 Å². The van der Waals surface area contributed by atoms with Crippen LogP contribution in [-0.4, -0.2) is 26.8 Å². The molecule has 0 radical (unpaired) electrons. The van der Waals surface area contributed by atoms with Gasteiger partial charge in [0.2, 0.25) is 0 Å². The molecule has 0 aliphatic heterocycles. The van der Waals surface area contributed by atoms with Gasteiger partial charge in [-0.3, -0.25) is 0 Å². The average molecular weight is 287 g/mol. The van der Waals surface area contributed by atoms with Crippen LogP contribution in [0.5, 0.6) is 0 Å². The summed E-state index contributed by atoms with van der Waals surface area (Å²) in [5, 5.41) is 14.7. The first-order valence-corrected chi connectivity index (χ1v) is 5.98. The van der Waals surface area contributed by atoms with Gasteiger partial charge in [-0.05, 0) is 6.07 Å². The zero-order chi connectivity index (χ0) is 13.1. The lowest BCUT2D eigenvalue weighted by Crippen LogP contribution is -2.08. The van der Waals surface area contributed by atoms with Crippen LogP contribution in [0.1, 0.15) is 5.82 Å². The second kappa shape index (κ2) is 5.41. The normalized spacial score (nSPS) is 10.4. The summed E-state index contributed by atoms with van der Waals surface area (Å²) in [5.74, 6) is 1.91. The standard InChI is InChI=1S/C10H12Cl2N6/c1-13-9-6(11)3-7(12)10(16-9)14-4-8-17-15-5-18(8)2/h3,5H,4H2,1-2H3,(H2,13,14,16). The molecule has 8 heteroatoms. The summed E-state index contributed by atoms with van der Waals surface area (Å²) >= 11 is 12.0. The SMILES string of the molecule is CNc1nc(NCc2nncn2C)c(Cl)cc1Cl. The Hall–Kier alpha value is -1.53. The smallest absolute Gasteiger partial charge is 0.151 e. The Bertz CT molecular complexity index is 553. The summed E-state index contributed by atoms with van der Waals surface area (Å²) in [4.78, 5) is 4.28. The molecular weight excluding hydrogens is 275 g/mol. The van der Waals surface area contributed by atoms with E-state index in [0.717, 1.165) is 5.82 Å². The summed E-state index contributed by atoms with van der Waals surface area (Å²) in [6.07, 6.45) is 1.63. The molecule has 2 heterocycles. The van der Waals surface area contributed by atoms with Crippen molar-refractivity contribution in [2.75, 3.05) is 17.7 Å². The molecule has 0 saturated heterocycles. The first kappa shape index (κ1) is 12.9. The molecule has 0 fully saturated rings. The van der Waals surface area contributed by atoms with Crippen molar-refractivity contribution in [3.05, 3.63) is 28.3 Å². The summed E-state index contributed by atoms with van der Waals surface area (Å²) in [6, 6.07) is 1.64. The van der Waals surface area contributed by atoms with Crippen LogP contribution in [-0.2, 0) is 13.6 Å². The Labute approximate surface area is 114 Å². The third-order valence-corrected chi connectivity index (χ3v) is 2.96. The van der Waals surface area contributed by atoms with Gasteiger partial charge in [0.05, 0.1) is 16.6 Å². The maximum absolute atomic E-state index is 6.06. The predicted molar refractivity (Wildman–Crippen MR) is 72.1 cm³/mol. The van der Waals surface area contributed by atoms with E-state index < -0.39 is 0 Å². The zero-order valence-corrected chi connectivity index (χ0v) is 11.4. The molecule has 6 nitrogen and oxygen atoms in total. The van der Waals surface area contributed by atoms with Gasteiger partial charge in [-0.25, -0.2) is 4.98 Å². The number of aromatic nitrogens is 4. The summed E-state index contributed by atoms with van der Waals surface area (Å²) in [5.41, 5.74) is 0. The van der Waals surface area contributed by atoms with Crippen LogP contribution in [0, 0.1) is 0 Å². The van der Waals surface area contributed by atoms with Gasteiger partial charge in [-0.1, -0.05) is 23.2 Å². The highest BCUT2D eigenvalue weighted by Gasteiger charge is 2.09. The first-order valence-electron chi connectivity index (χ1n) is 5.22. The highest BCUT2D eigenvalue weighted by atomic mass is 35.5. The largest absolute Gasteiger partial charge is 0.372 e. The van der Waals surface area contributed by atoms with Gasteiger partial charge in [0.25, 0.3) is 0 Å². The Balaban J connectivity index is 2.16. The zero-order valence-electron chi connectivity index (χ0n) is 9.91. The number of pyridine rings is 1. The Morgan fingerprint density at radius 3 is 2.61 bits per heavy atom. The topological polar surface area (TPSA) is 67.7 Å². The molecule has 96 valence electrons. The van der Waals surface area contributed by atoms with E-state index >= 15 is 0 Å². The molecule has 0 atom stereocenters. The molecule has 2 aromatic rings. The molecule has 0 aliphatic carbocycles. The van der Waals surface area contributed by atoms with Crippen LogP contribution >= 0.6 is 23.2 Å². The molecule has 0 unspecified atom stereocenters. The van der Waals surface area contributed by atoms with Crippen molar-refractivity contribution in [1.29, 1.82) is 0 Å². The molecule has 0 spiro atoms. The Morgan fingerprint density at radius 1 is 1.28 bits per heavy atom. The summed E-state index contributed by atoms with van der Waals surface area (Å²) in [6.45, 7) is 0.480. The van der Waals surface area contributed by atoms with E-state index in [-0.39, 0.29) is 0 Å². The third-order valence-electron chi connectivity index (χ3n) is 2.39. The second-order valence-corrected chi connectivity index (χ2v) is 4.43. The Morgan fingerprint density at radius 2 is 2.00 bits per heavy atom. The highest BCUT2D eigenvalue weighted by Crippen LogP contribution is 2.28. The quantitative estimate of drug-likeness (QED) is 0.902. The van der Waals surface area contributed by atoms with Crippen molar-refractivity contribution in [1.82, 2.24) is 19.7 Å². The number of anilines is 2. The summed E-state index contributed by atoms with van der Waals surface area (Å²) in [7, 11) is 3.61. The maximum Gasteiger partial charge on any atom is 0.151 e. The minimum Gasteiger partial charge on any atom is -0.372 e. The molecule has 2 aromatic heterocycles. The number of aryl methyl sites for hydroxylation is 1. The monoisotopic (exact) mass is 286 g/mol. The highest BCUT2D eigenvalue weighted by molar-refractivity contribution is 6.37. The van der Waals surface area contributed by atoms with Crippen molar-refractivity contribution < 1.29 is 0 Å². The molecule has 0 aliphatic rings. The van der Waals surface area contributed by atoms with Crippen LogP contribution in [0.2, 0.25) is 10.0 Å². The average Bonchev–Trinajstić information content (AvgIpc) is 2.74. The van der Waals surface area contributed by atoms with E-state index in [0.29, 0.717) is 28.2 Å². The van der Waals surface area contributed by atoms with Crippen molar-refractivity contribution in [3.8, 4) is 0 Å². The molecule has 0 bridgehead atoms. The lowest BCUT2D eigenvalue weighted by Gasteiger charge is -2.10. The van der Waals surface area contributed by atoms with Crippen LogP contribution in [0.15, 0.2) is 12.4 Å². The first-order chi connectivity index (χ1) is 8.61. The number of hydrogen-bond donors (Lipinski definition) is 2. The van der Waals surface area contributed by atoms with E-state index in [1.165, 1.54) is 0 Å². The molecule has 0 amide bonds. The van der Waals surface area contributed by atoms with Gasteiger partial charge in [0, 0.05) is 14.1 Å². The van der Waals surface area contributed by atoms with Crippen LogP contribution in [0.3, 0.4) is 0 Å². The number of halogens is 2. The molecule has 0 saturated carbocycles. The van der Waals surface area contributed by atoms with Crippen molar-refractivity contribution in [2.24, 2.45) is 7.05 Å². The lowest BCUT2D eigenvalue weighted by atomic mass is 10.4. The number of rotatable bonds is 4. The molecular formula is C10H12Cl2N6. The Kier molecular flexibility index (Phi) is 3.88. The number of nitrogens with one attached hydrogen (secondary N) is 2. The van der Waals surface area contributed by atoms with Gasteiger partial charge in [-0.15, -0.1) is 10.2 Å². The van der Waals surface area contributed by atoms with Gasteiger partial charge in [-0.2, -0.15) is 0 Å². The number of nitrogens with zero attached hydrogens (tertiary/aromatic N) is 4. The van der Waals surface area contributed by atoms with Crippen LogP contribution < -0.4 is 10.6 Å². The molecule has 2 N–H and O–H groups in total. The van der Waals surface area contributed by atoms with Gasteiger partial charge in [0.1, 0.15) is 18.0 Å². The van der Waals surface area contributed by atoms with Crippen molar-refractivity contribution in [2.45, 2.75) is 6.54 Å². The van der Waals surface area contributed by atoms with Crippen LogP contribution in [0.4, 0.5) is 11.6 Å². The molecule has 2 rings (SSSR count). The fourth-order valence-corrected chi connectivity index (χ4v) is 1.92. The van der Waals surface area contributed by atoms with Crippen molar-refractivity contribution >= 4 is 34.8 Å². The van der Waals surface area contributed by atoms with Gasteiger partial charge < -0.3 is 15.2 Å². The van der Waals surface area contributed by atoms with E-state index in [1.54, 1.807) is 19.4 Å². The minimum atomic E-state index is 0.459. The maximum atomic E-state index is 6.06. The van der Waals surface area contributed by atoms with E-state index in [9.17, 15) is 0 Å². The number of hydrogen-bond acceptors (Lipinski definition) is 5.